The summed E-state index contributed by atoms with van der Waals surface area (Å²) in [6.07, 6.45) is 2.18. The molecule has 0 bridgehead atoms. The number of phenolic OH excluding ortho intramolecular Hbond substituents is 1. The lowest BCUT2D eigenvalue weighted by Crippen LogP contribution is -2.53. The molecule has 5 N–H and O–H groups in total. The highest BCUT2D eigenvalue weighted by atomic mass is 16.3. The number of piperidine rings is 1. The van der Waals surface area contributed by atoms with Crippen molar-refractivity contribution in [2.24, 2.45) is 0 Å². The Hall–Kier alpha value is -3.32. The molecule has 0 atom stereocenters. The topological polar surface area (TPSA) is 109 Å². The van der Waals surface area contributed by atoms with Gasteiger partial charge in [0.1, 0.15) is 17.2 Å². The van der Waals surface area contributed by atoms with Crippen molar-refractivity contribution in [3.63, 3.8) is 0 Å². The minimum Gasteiger partial charge on any atom is -0.507 e. The first-order valence-electron chi connectivity index (χ1n) is 11.5. The second-order valence-corrected chi connectivity index (χ2v) is 8.49. The van der Waals surface area contributed by atoms with Gasteiger partial charge in [-0.25, -0.2) is 0 Å². The van der Waals surface area contributed by atoms with Crippen LogP contribution in [-0.4, -0.2) is 51.6 Å². The Morgan fingerprint density at radius 3 is 2.27 bits per heavy atom. The lowest BCUT2D eigenvalue weighted by Gasteiger charge is -2.36. The summed E-state index contributed by atoms with van der Waals surface area (Å²) >= 11 is 0. The zero-order valence-corrected chi connectivity index (χ0v) is 19.4. The Morgan fingerprint density at radius 1 is 1.09 bits per heavy atom. The number of hydrogen-bond acceptors (Lipinski definition) is 5. The molecule has 1 aliphatic rings. The van der Waals surface area contributed by atoms with Crippen LogP contribution in [0, 0.1) is 5.41 Å². The smallest absolute Gasteiger partial charge is 0.252 e. The van der Waals surface area contributed by atoms with E-state index < -0.39 is 5.60 Å². The van der Waals surface area contributed by atoms with Crippen molar-refractivity contribution in [3.8, 4) is 5.75 Å². The van der Waals surface area contributed by atoms with E-state index in [0.717, 1.165) is 11.3 Å². The molecular formula is C26H34N4O3. The highest BCUT2D eigenvalue weighted by molar-refractivity contribution is 6.02. The van der Waals surface area contributed by atoms with E-state index in [-0.39, 0.29) is 17.7 Å². The molecule has 7 heteroatoms. The van der Waals surface area contributed by atoms with Crippen LogP contribution in [0.4, 0.5) is 5.69 Å². The van der Waals surface area contributed by atoms with E-state index in [1.165, 1.54) is 0 Å². The molecule has 1 amide bonds. The summed E-state index contributed by atoms with van der Waals surface area (Å²) in [5.74, 6) is 0.231. The van der Waals surface area contributed by atoms with E-state index in [1.54, 1.807) is 18.2 Å². The number of likely N-dealkylation sites (tertiary alicyclic amines) is 1. The van der Waals surface area contributed by atoms with Gasteiger partial charge in [0, 0.05) is 41.6 Å². The Balaban J connectivity index is 1.64. The molecule has 3 rings (SSSR count). The van der Waals surface area contributed by atoms with E-state index in [9.17, 15) is 15.0 Å². The highest BCUT2D eigenvalue weighted by Gasteiger charge is 2.34. The minimum absolute atomic E-state index is 0.0135. The first-order chi connectivity index (χ1) is 15.8. The Bertz CT molecular complexity index is 1010. The molecular weight excluding hydrogens is 416 g/mol. The van der Waals surface area contributed by atoms with Crippen molar-refractivity contribution in [2.75, 3.05) is 18.4 Å². The fourth-order valence-corrected chi connectivity index (χ4v) is 4.07. The number of carbonyl (C=O) groups is 1. The summed E-state index contributed by atoms with van der Waals surface area (Å²) in [6.45, 7) is 8.94. The third-order valence-corrected chi connectivity index (χ3v) is 6.44. The fourth-order valence-electron chi connectivity index (χ4n) is 4.07. The number of anilines is 1. The molecule has 2 aromatic rings. The summed E-state index contributed by atoms with van der Waals surface area (Å²) in [5.41, 5.74) is 1.32. The number of amidine groups is 1. The van der Waals surface area contributed by atoms with E-state index in [4.69, 9.17) is 5.41 Å². The van der Waals surface area contributed by atoms with Crippen LogP contribution in [0.15, 0.2) is 55.1 Å². The van der Waals surface area contributed by atoms with Crippen molar-refractivity contribution >= 4 is 23.1 Å². The largest absolute Gasteiger partial charge is 0.507 e. The maximum Gasteiger partial charge on any atom is 0.252 e. The first-order valence-corrected chi connectivity index (χ1v) is 11.5. The van der Waals surface area contributed by atoms with Gasteiger partial charge in [0.05, 0.1) is 0 Å². The van der Waals surface area contributed by atoms with Crippen LogP contribution < -0.4 is 10.6 Å². The van der Waals surface area contributed by atoms with E-state index in [1.807, 2.05) is 49.1 Å². The lowest BCUT2D eigenvalue weighted by molar-refractivity contribution is -0.141. The zero-order chi connectivity index (χ0) is 24.0. The van der Waals surface area contributed by atoms with Crippen molar-refractivity contribution < 1.29 is 15.0 Å². The molecule has 0 aromatic heterocycles. The van der Waals surface area contributed by atoms with Crippen LogP contribution in [0.3, 0.4) is 0 Å². The summed E-state index contributed by atoms with van der Waals surface area (Å²) in [7, 11) is 0. The molecule has 176 valence electrons. The zero-order valence-electron chi connectivity index (χ0n) is 19.4. The molecule has 2 aromatic carbocycles. The van der Waals surface area contributed by atoms with Gasteiger partial charge in [0.25, 0.3) is 5.91 Å². The molecule has 1 aliphatic heterocycles. The van der Waals surface area contributed by atoms with Crippen LogP contribution in [0.25, 0.3) is 5.70 Å². The molecule has 0 spiro atoms. The van der Waals surface area contributed by atoms with Gasteiger partial charge in [0.15, 0.2) is 0 Å². The minimum atomic E-state index is -1.32. The lowest BCUT2D eigenvalue weighted by atomic mass is 9.95. The van der Waals surface area contributed by atoms with E-state index in [2.05, 4.69) is 17.2 Å². The van der Waals surface area contributed by atoms with Gasteiger partial charge in [0.2, 0.25) is 0 Å². The maximum absolute atomic E-state index is 12.5. The van der Waals surface area contributed by atoms with Gasteiger partial charge in [-0.05, 0) is 49.9 Å². The van der Waals surface area contributed by atoms with Gasteiger partial charge in [-0.3, -0.25) is 10.2 Å². The average Bonchev–Trinajstić information content (AvgIpc) is 2.84. The van der Waals surface area contributed by atoms with Gasteiger partial charge >= 0.3 is 0 Å². The second kappa shape index (κ2) is 10.5. The molecule has 7 nitrogen and oxygen atoms in total. The first kappa shape index (κ1) is 24.3. The third kappa shape index (κ3) is 5.54. The molecule has 1 fully saturated rings. The number of benzene rings is 2. The highest BCUT2D eigenvalue weighted by Crippen LogP contribution is 2.27. The van der Waals surface area contributed by atoms with Gasteiger partial charge < -0.3 is 25.7 Å². The van der Waals surface area contributed by atoms with Crippen LogP contribution in [0.5, 0.6) is 5.75 Å². The van der Waals surface area contributed by atoms with Crippen molar-refractivity contribution in [1.82, 2.24) is 10.2 Å². The van der Waals surface area contributed by atoms with Crippen LogP contribution in [0.2, 0.25) is 0 Å². The van der Waals surface area contributed by atoms with Crippen LogP contribution >= 0.6 is 0 Å². The number of para-hydroxylation sites is 2. The standard InChI is InChI=1S/C26H34N4O3/c1-4-26(33,5-2)25(32)29-19-14-16-30(17-15-19)24(27)21-11-6-8-12-22(21)28-18(3)20-10-7-9-13-23(20)31/h6-13,19,27-28,31,33H,3-5,14-17H2,1-2H3,(H,29,32). The number of nitrogens with zero attached hydrogens (tertiary/aromatic N) is 1. The molecule has 0 aliphatic carbocycles. The number of nitrogens with one attached hydrogen (secondary N) is 3. The van der Waals surface area contributed by atoms with E-state index >= 15 is 0 Å². The Labute approximate surface area is 195 Å². The van der Waals surface area contributed by atoms with E-state index in [0.29, 0.717) is 55.9 Å². The number of hydrogen-bond donors (Lipinski definition) is 5. The summed E-state index contributed by atoms with van der Waals surface area (Å²) < 4.78 is 0. The second-order valence-electron chi connectivity index (χ2n) is 8.49. The van der Waals surface area contributed by atoms with Crippen molar-refractivity contribution in [3.05, 3.63) is 66.2 Å². The van der Waals surface area contributed by atoms with Gasteiger partial charge in [-0.15, -0.1) is 0 Å². The molecule has 1 saturated heterocycles. The SMILES string of the molecule is C=C(Nc1ccccc1C(=N)N1CCC(NC(=O)C(O)(CC)CC)CC1)c1ccccc1O. The number of phenols is 1. The summed E-state index contributed by atoms with van der Waals surface area (Å²) in [5, 5.41) is 35.6. The van der Waals surface area contributed by atoms with Crippen molar-refractivity contribution in [1.29, 1.82) is 5.41 Å². The molecule has 0 radical (unpaired) electrons. The molecule has 1 heterocycles. The average molecular weight is 451 g/mol. The molecule has 33 heavy (non-hydrogen) atoms. The predicted octanol–water partition coefficient (Wildman–Crippen LogP) is 3.93. The summed E-state index contributed by atoms with van der Waals surface area (Å²) in [4.78, 5) is 14.5. The van der Waals surface area contributed by atoms with Gasteiger partial charge in [-0.1, -0.05) is 44.7 Å². The maximum atomic E-state index is 12.5. The number of aliphatic hydroxyl groups is 1. The van der Waals surface area contributed by atoms with Crippen LogP contribution in [-0.2, 0) is 4.79 Å². The predicted molar refractivity (Wildman–Crippen MR) is 132 cm³/mol. The number of amides is 1. The Morgan fingerprint density at radius 2 is 1.67 bits per heavy atom. The molecule has 0 saturated carbocycles. The monoisotopic (exact) mass is 450 g/mol. The van der Waals surface area contributed by atoms with Gasteiger partial charge in [-0.2, -0.15) is 0 Å². The van der Waals surface area contributed by atoms with Crippen molar-refractivity contribution in [2.45, 2.75) is 51.2 Å². The third-order valence-electron chi connectivity index (χ3n) is 6.44. The normalized spacial score (nSPS) is 14.6. The van der Waals surface area contributed by atoms with Crippen LogP contribution in [0.1, 0.15) is 50.7 Å². The number of rotatable bonds is 8. The number of carbonyl (C=O) groups excluding carboxylic acids is 1. The Kier molecular flexibility index (Phi) is 7.76. The quantitative estimate of drug-likeness (QED) is 0.309. The number of aromatic hydroxyl groups is 1. The summed E-state index contributed by atoms with van der Waals surface area (Å²) in [6, 6.07) is 14.5. The molecule has 0 unspecified atom stereocenters. The fraction of sp³-hybridized carbons (Fsp3) is 0.385.